The highest BCUT2D eigenvalue weighted by atomic mass is 32.2. The van der Waals surface area contributed by atoms with E-state index in [4.69, 9.17) is 0 Å². The van der Waals surface area contributed by atoms with Crippen molar-refractivity contribution in [2.75, 3.05) is 6.54 Å². The van der Waals surface area contributed by atoms with Crippen molar-refractivity contribution in [1.29, 1.82) is 0 Å². The fraction of sp³-hybridized carbons (Fsp3) is 0.462. The van der Waals surface area contributed by atoms with Crippen LogP contribution in [0.3, 0.4) is 0 Å². The molecular formula is C13H19NOS. The van der Waals surface area contributed by atoms with E-state index in [0.29, 0.717) is 5.92 Å². The average Bonchev–Trinajstić information content (AvgIpc) is 2.27. The lowest BCUT2D eigenvalue weighted by Gasteiger charge is -2.13. The highest BCUT2D eigenvalue weighted by molar-refractivity contribution is 8.00. The molecule has 0 spiro atoms. The Balaban J connectivity index is 2.40. The summed E-state index contributed by atoms with van der Waals surface area (Å²) in [7, 11) is 0. The lowest BCUT2D eigenvalue weighted by atomic mass is 10.2. The van der Waals surface area contributed by atoms with Gasteiger partial charge in [-0.3, -0.25) is 4.79 Å². The van der Waals surface area contributed by atoms with Crippen LogP contribution in [-0.4, -0.2) is 17.7 Å². The quantitative estimate of drug-likeness (QED) is 0.798. The number of rotatable bonds is 5. The van der Waals surface area contributed by atoms with Gasteiger partial charge in [0.05, 0.1) is 5.25 Å². The molecule has 3 heteroatoms. The first-order valence-corrected chi connectivity index (χ1v) is 6.47. The fourth-order valence-corrected chi connectivity index (χ4v) is 2.12. The molecule has 0 unspecified atom stereocenters. The third kappa shape index (κ3) is 4.71. The zero-order chi connectivity index (χ0) is 12.0. The molecule has 0 saturated carbocycles. The van der Waals surface area contributed by atoms with Gasteiger partial charge in [-0.05, 0) is 25.0 Å². The Morgan fingerprint density at radius 3 is 2.44 bits per heavy atom. The Hall–Kier alpha value is -0.960. The molecule has 0 aliphatic heterocycles. The normalized spacial score (nSPS) is 12.5. The highest BCUT2D eigenvalue weighted by Crippen LogP contribution is 2.22. The van der Waals surface area contributed by atoms with Crippen molar-refractivity contribution < 1.29 is 4.79 Å². The van der Waals surface area contributed by atoms with Crippen LogP contribution in [0.15, 0.2) is 35.2 Å². The van der Waals surface area contributed by atoms with E-state index < -0.39 is 0 Å². The van der Waals surface area contributed by atoms with Gasteiger partial charge in [0.2, 0.25) is 5.91 Å². The molecule has 0 aliphatic carbocycles. The van der Waals surface area contributed by atoms with Gasteiger partial charge in [-0.1, -0.05) is 32.0 Å². The van der Waals surface area contributed by atoms with E-state index >= 15 is 0 Å². The van der Waals surface area contributed by atoms with Crippen LogP contribution in [0.4, 0.5) is 0 Å². The average molecular weight is 237 g/mol. The van der Waals surface area contributed by atoms with Crippen molar-refractivity contribution in [3.63, 3.8) is 0 Å². The Kier molecular flexibility index (Phi) is 5.39. The molecule has 1 amide bonds. The number of benzene rings is 1. The maximum atomic E-state index is 11.7. The summed E-state index contributed by atoms with van der Waals surface area (Å²) in [5.74, 6) is 0.612. The van der Waals surface area contributed by atoms with Gasteiger partial charge in [0.15, 0.2) is 0 Å². The van der Waals surface area contributed by atoms with Crippen LogP contribution in [0.1, 0.15) is 20.8 Å². The van der Waals surface area contributed by atoms with E-state index in [1.807, 2.05) is 37.3 Å². The molecule has 88 valence electrons. The SMILES string of the molecule is CC(C)CNC(=O)[C@@H](C)Sc1ccccc1. The first kappa shape index (κ1) is 13.1. The molecule has 0 radical (unpaired) electrons. The van der Waals surface area contributed by atoms with Crippen LogP contribution >= 0.6 is 11.8 Å². The van der Waals surface area contributed by atoms with E-state index in [1.165, 1.54) is 0 Å². The van der Waals surface area contributed by atoms with E-state index in [1.54, 1.807) is 11.8 Å². The van der Waals surface area contributed by atoms with Crippen LogP contribution in [-0.2, 0) is 4.79 Å². The molecule has 0 aromatic heterocycles. The van der Waals surface area contributed by atoms with Crippen LogP contribution in [0.25, 0.3) is 0 Å². The molecule has 0 fully saturated rings. The molecule has 0 bridgehead atoms. The highest BCUT2D eigenvalue weighted by Gasteiger charge is 2.13. The Bertz CT molecular complexity index is 324. The Morgan fingerprint density at radius 2 is 1.88 bits per heavy atom. The Labute approximate surface area is 102 Å². The fourth-order valence-electron chi connectivity index (χ4n) is 1.21. The second-order valence-electron chi connectivity index (χ2n) is 4.21. The van der Waals surface area contributed by atoms with Crippen molar-refractivity contribution in [3.8, 4) is 0 Å². The van der Waals surface area contributed by atoms with Crippen molar-refractivity contribution in [2.24, 2.45) is 5.92 Å². The minimum absolute atomic E-state index is 0.0406. The van der Waals surface area contributed by atoms with Crippen LogP contribution in [0.5, 0.6) is 0 Å². The van der Waals surface area contributed by atoms with Crippen LogP contribution < -0.4 is 5.32 Å². The number of amides is 1. The van der Waals surface area contributed by atoms with Gasteiger partial charge in [-0.2, -0.15) is 0 Å². The van der Waals surface area contributed by atoms with Crippen molar-refractivity contribution in [2.45, 2.75) is 30.9 Å². The van der Waals surface area contributed by atoms with Gasteiger partial charge in [-0.15, -0.1) is 11.8 Å². The van der Waals surface area contributed by atoms with Crippen molar-refractivity contribution in [1.82, 2.24) is 5.32 Å². The molecule has 0 aliphatic rings. The number of hydrogen-bond acceptors (Lipinski definition) is 2. The second kappa shape index (κ2) is 6.59. The monoisotopic (exact) mass is 237 g/mol. The summed E-state index contributed by atoms with van der Waals surface area (Å²) >= 11 is 1.59. The summed E-state index contributed by atoms with van der Waals surface area (Å²) < 4.78 is 0. The van der Waals surface area contributed by atoms with Crippen molar-refractivity contribution >= 4 is 17.7 Å². The summed E-state index contributed by atoms with van der Waals surface area (Å²) in [4.78, 5) is 12.9. The molecule has 0 saturated heterocycles. The predicted molar refractivity (Wildman–Crippen MR) is 69.6 cm³/mol. The lowest BCUT2D eigenvalue weighted by Crippen LogP contribution is -2.33. The minimum Gasteiger partial charge on any atom is -0.355 e. The van der Waals surface area contributed by atoms with E-state index in [2.05, 4.69) is 19.2 Å². The summed E-state index contributed by atoms with van der Waals surface area (Å²) in [5, 5.41) is 2.90. The van der Waals surface area contributed by atoms with E-state index in [9.17, 15) is 4.79 Å². The molecule has 1 N–H and O–H groups in total. The summed E-state index contributed by atoms with van der Waals surface area (Å²) in [6, 6.07) is 10.0. The first-order chi connectivity index (χ1) is 7.59. The smallest absolute Gasteiger partial charge is 0.233 e. The number of carbonyl (C=O) groups is 1. The molecule has 1 rings (SSSR count). The second-order valence-corrected chi connectivity index (χ2v) is 5.63. The third-order valence-electron chi connectivity index (χ3n) is 2.11. The largest absolute Gasteiger partial charge is 0.355 e. The van der Waals surface area contributed by atoms with Gasteiger partial charge in [-0.25, -0.2) is 0 Å². The van der Waals surface area contributed by atoms with Gasteiger partial charge in [0.25, 0.3) is 0 Å². The van der Waals surface area contributed by atoms with Crippen LogP contribution in [0.2, 0.25) is 0 Å². The molecular weight excluding hydrogens is 218 g/mol. The summed E-state index contributed by atoms with van der Waals surface area (Å²) in [5.41, 5.74) is 0. The zero-order valence-corrected chi connectivity index (χ0v) is 10.9. The maximum absolute atomic E-state index is 11.7. The maximum Gasteiger partial charge on any atom is 0.233 e. The molecule has 2 nitrogen and oxygen atoms in total. The first-order valence-electron chi connectivity index (χ1n) is 5.59. The van der Waals surface area contributed by atoms with E-state index in [0.717, 1.165) is 11.4 Å². The predicted octanol–water partition coefficient (Wildman–Crippen LogP) is 2.94. The molecule has 0 heterocycles. The molecule has 1 aromatic carbocycles. The summed E-state index contributed by atoms with van der Waals surface area (Å²) in [6.45, 7) is 6.87. The van der Waals surface area contributed by atoms with Gasteiger partial charge in [0, 0.05) is 11.4 Å². The zero-order valence-electron chi connectivity index (χ0n) is 10.1. The van der Waals surface area contributed by atoms with Gasteiger partial charge >= 0.3 is 0 Å². The Morgan fingerprint density at radius 1 is 1.25 bits per heavy atom. The van der Waals surface area contributed by atoms with Crippen LogP contribution in [0, 0.1) is 5.92 Å². The van der Waals surface area contributed by atoms with Gasteiger partial charge in [0.1, 0.15) is 0 Å². The molecule has 1 aromatic rings. The van der Waals surface area contributed by atoms with Crippen molar-refractivity contribution in [3.05, 3.63) is 30.3 Å². The minimum atomic E-state index is -0.0406. The number of hydrogen-bond donors (Lipinski definition) is 1. The lowest BCUT2D eigenvalue weighted by molar-refractivity contribution is -0.120. The molecule has 16 heavy (non-hydrogen) atoms. The van der Waals surface area contributed by atoms with E-state index in [-0.39, 0.29) is 11.2 Å². The number of carbonyl (C=O) groups excluding carboxylic acids is 1. The number of thioether (sulfide) groups is 1. The van der Waals surface area contributed by atoms with Gasteiger partial charge < -0.3 is 5.32 Å². The summed E-state index contributed by atoms with van der Waals surface area (Å²) in [6.07, 6.45) is 0. The molecule has 1 atom stereocenters. The topological polar surface area (TPSA) is 29.1 Å². The standard InChI is InChI=1S/C13H19NOS/c1-10(2)9-14-13(15)11(3)16-12-7-5-4-6-8-12/h4-8,10-11H,9H2,1-3H3,(H,14,15)/t11-/m1/s1. The number of nitrogens with one attached hydrogen (secondary N) is 1. The third-order valence-corrected chi connectivity index (χ3v) is 3.22.